The topological polar surface area (TPSA) is 65.9 Å². The molecule has 0 radical (unpaired) electrons. The largest absolute Gasteiger partial charge is 0.396 e. The van der Waals surface area contributed by atoms with Gasteiger partial charge < -0.3 is 20.5 Å². The first-order chi connectivity index (χ1) is 11.3. The summed E-state index contributed by atoms with van der Waals surface area (Å²) in [5.74, 6) is 0.909. The van der Waals surface area contributed by atoms with E-state index >= 15 is 0 Å². The van der Waals surface area contributed by atoms with Gasteiger partial charge in [-0.25, -0.2) is 0 Å². The summed E-state index contributed by atoms with van der Waals surface area (Å²) in [4.78, 5) is 4.81. The number of guanidine groups is 1. The van der Waals surface area contributed by atoms with Gasteiger partial charge in [0.1, 0.15) is 0 Å². The van der Waals surface area contributed by atoms with E-state index in [0.29, 0.717) is 0 Å². The van der Waals surface area contributed by atoms with Crippen molar-refractivity contribution in [2.75, 3.05) is 39.5 Å². The number of nitrogens with one attached hydrogen (secondary N) is 2. The van der Waals surface area contributed by atoms with Crippen molar-refractivity contribution in [1.29, 1.82) is 0 Å². The lowest BCUT2D eigenvalue weighted by molar-refractivity contribution is 0.137. The highest BCUT2D eigenvalue weighted by molar-refractivity contribution is 5.79. The Kier molecular flexibility index (Phi) is 11.1. The first kappa shape index (κ1) is 20.2. The summed E-state index contributed by atoms with van der Waals surface area (Å²) in [7, 11) is 0. The predicted octanol–water partition coefficient (Wildman–Crippen LogP) is 2.69. The fourth-order valence-electron chi connectivity index (χ4n) is 3.29. The minimum absolute atomic E-state index is 0.213. The zero-order valence-corrected chi connectivity index (χ0v) is 15.2. The summed E-state index contributed by atoms with van der Waals surface area (Å²) in [5.41, 5.74) is 0.213. The van der Waals surface area contributed by atoms with Crippen molar-refractivity contribution < 1.29 is 9.84 Å². The zero-order valence-electron chi connectivity index (χ0n) is 15.2. The van der Waals surface area contributed by atoms with Gasteiger partial charge in [0.15, 0.2) is 5.96 Å². The molecule has 0 unspecified atom stereocenters. The van der Waals surface area contributed by atoms with Crippen molar-refractivity contribution in [2.45, 2.75) is 65.2 Å². The first-order valence-electron chi connectivity index (χ1n) is 9.47. The summed E-state index contributed by atoms with van der Waals surface area (Å²) in [5, 5.41) is 16.2. The molecule has 1 saturated carbocycles. The van der Waals surface area contributed by atoms with Crippen molar-refractivity contribution >= 4 is 5.96 Å². The molecular weight excluding hydrogens is 290 g/mol. The van der Waals surface area contributed by atoms with Gasteiger partial charge in [-0.1, -0.05) is 19.3 Å². The van der Waals surface area contributed by atoms with Gasteiger partial charge in [0.25, 0.3) is 0 Å². The van der Waals surface area contributed by atoms with Gasteiger partial charge >= 0.3 is 0 Å². The van der Waals surface area contributed by atoms with E-state index in [-0.39, 0.29) is 12.0 Å². The Labute approximate surface area is 142 Å². The zero-order chi connectivity index (χ0) is 16.8. The van der Waals surface area contributed by atoms with Crippen molar-refractivity contribution in [3.63, 3.8) is 0 Å². The molecule has 136 valence electrons. The highest BCUT2D eigenvalue weighted by atomic mass is 16.5. The molecule has 1 aliphatic rings. The van der Waals surface area contributed by atoms with Crippen LogP contribution in [0.15, 0.2) is 4.99 Å². The van der Waals surface area contributed by atoms with Gasteiger partial charge in [-0.05, 0) is 51.4 Å². The molecule has 5 nitrogen and oxygen atoms in total. The van der Waals surface area contributed by atoms with Crippen LogP contribution >= 0.6 is 0 Å². The molecule has 5 heteroatoms. The Hall–Kier alpha value is -0.810. The van der Waals surface area contributed by atoms with Crippen LogP contribution in [0, 0.1) is 5.41 Å². The molecule has 0 aromatic carbocycles. The fourth-order valence-corrected chi connectivity index (χ4v) is 3.29. The molecule has 0 aromatic rings. The molecule has 1 fully saturated rings. The average Bonchev–Trinajstić information content (AvgIpc) is 2.57. The monoisotopic (exact) mass is 327 g/mol. The molecule has 0 bridgehead atoms. The summed E-state index contributed by atoms with van der Waals surface area (Å²) < 4.78 is 5.36. The number of aliphatic hydroxyl groups excluding tert-OH is 1. The van der Waals surface area contributed by atoms with E-state index in [2.05, 4.69) is 17.6 Å². The number of aliphatic hydroxyl groups is 1. The molecule has 0 amide bonds. The molecule has 1 aliphatic carbocycles. The van der Waals surface area contributed by atoms with Crippen molar-refractivity contribution in [3.05, 3.63) is 0 Å². The van der Waals surface area contributed by atoms with Crippen LogP contribution in [-0.4, -0.2) is 50.5 Å². The second kappa shape index (κ2) is 12.6. The highest BCUT2D eigenvalue weighted by Gasteiger charge is 2.31. The van der Waals surface area contributed by atoms with E-state index in [0.717, 1.165) is 58.1 Å². The summed E-state index contributed by atoms with van der Waals surface area (Å²) >= 11 is 0. The van der Waals surface area contributed by atoms with Crippen molar-refractivity contribution in [2.24, 2.45) is 10.4 Å². The molecule has 0 saturated heterocycles. The molecule has 0 aliphatic heterocycles. The number of nitrogens with zero attached hydrogens (tertiary/aromatic N) is 1. The normalized spacial score (nSPS) is 18.0. The lowest BCUT2D eigenvalue weighted by atomic mass is 9.72. The van der Waals surface area contributed by atoms with Gasteiger partial charge in [0.05, 0.1) is 0 Å². The Morgan fingerprint density at radius 3 is 2.57 bits per heavy atom. The van der Waals surface area contributed by atoms with E-state index in [9.17, 15) is 5.11 Å². The Bertz CT molecular complexity index is 310. The number of hydrogen-bond acceptors (Lipinski definition) is 3. The van der Waals surface area contributed by atoms with E-state index in [1.54, 1.807) is 0 Å². The maximum absolute atomic E-state index is 9.40. The van der Waals surface area contributed by atoms with E-state index < -0.39 is 0 Å². The molecule has 1 rings (SSSR count). The molecule has 0 atom stereocenters. The highest BCUT2D eigenvalue weighted by Crippen LogP contribution is 2.39. The fraction of sp³-hybridized carbons (Fsp3) is 0.944. The van der Waals surface area contributed by atoms with Crippen LogP contribution in [0.4, 0.5) is 0 Å². The molecule has 3 N–H and O–H groups in total. The third kappa shape index (κ3) is 8.56. The van der Waals surface area contributed by atoms with E-state index in [4.69, 9.17) is 9.73 Å². The number of ether oxygens (including phenoxy) is 1. The Morgan fingerprint density at radius 1 is 1.13 bits per heavy atom. The molecule has 23 heavy (non-hydrogen) atoms. The minimum atomic E-state index is 0.213. The number of aliphatic imine (C=N–C) groups is 1. The quantitative estimate of drug-likeness (QED) is 0.310. The van der Waals surface area contributed by atoms with Crippen LogP contribution in [0.3, 0.4) is 0 Å². The summed E-state index contributed by atoms with van der Waals surface area (Å²) in [6.07, 6.45) is 9.32. The van der Waals surface area contributed by atoms with Gasteiger partial charge in [-0.2, -0.15) is 0 Å². The summed E-state index contributed by atoms with van der Waals surface area (Å²) in [6.45, 7) is 8.65. The van der Waals surface area contributed by atoms with Gasteiger partial charge in [-0.3, -0.25) is 4.99 Å². The predicted molar refractivity (Wildman–Crippen MR) is 96.9 cm³/mol. The number of unbranched alkanes of at least 4 members (excludes halogenated alkanes) is 1. The lowest BCUT2D eigenvalue weighted by Crippen LogP contribution is -2.39. The average molecular weight is 328 g/mol. The third-order valence-corrected chi connectivity index (χ3v) is 4.69. The Balaban J connectivity index is 2.42. The molecule has 0 heterocycles. The van der Waals surface area contributed by atoms with Crippen LogP contribution in [0.5, 0.6) is 0 Å². The van der Waals surface area contributed by atoms with Crippen LogP contribution in [0.1, 0.15) is 65.2 Å². The SMILES string of the molecule is CCNC(=NCC1(CCO)CCCCC1)NCCCCOCC. The second-order valence-corrected chi connectivity index (χ2v) is 6.56. The first-order valence-corrected chi connectivity index (χ1v) is 9.47. The van der Waals surface area contributed by atoms with Gasteiger partial charge in [0, 0.05) is 39.5 Å². The maximum Gasteiger partial charge on any atom is 0.191 e. The molecular formula is C18H37N3O2. The molecule has 0 spiro atoms. The number of hydrogen-bond donors (Lipinski definition) is 3. The van der Waals surface area contributed by atoms with E-state index in [1.165, 1.54) is 32.1 Å². The minimum Gasteiger partial charge on any atom is -0.396 e. The number of rotatable bonds is 11. The lowest BCUT2D eigenvalue weighted by Gasteiger charge is -2.35. The standard InChI is InChI=1S/C18H37N3O2/c1-3-19-17(20-13-8-9-15-23-4-2)21-16-18(12-14-22)10-6-5-7-11-18/h22H,3-16H2,1-2H3,(H2,19,20,21). The Morgan fingerprint density at radius 2 is 1.91 bits per heavy atom. The van der Waals surface area contributed by atoms with Gasteiger partial charge in [0.2, 0.25) is 0 Å². The van der Waals surface area contributed by atoms with Crippen molar-refractivity contribution in [3.8, 4) is 0 Å². The van der Waals surface area contributed by atoms with Crippen LogP contribution in [0.2, 0.25) is 0 Å². The van der Waals surface area contributed by atoms with Crippen molar-refractivity contribution in [1.82, 2.24) is 10.6 Å². The summed E-state index contributed by atoms with van der Waals surface area (Å²) in [6, 6.07) is 0. The van der Waals surface area contributed by atoms with Crippen LogP contribution in [-0.2, 0) is 4.74 Å². The van der Waals surface area contributed by atoms with Crippen LogP contribution in [0.25, 0.3) is 0 Å². The van der Waals surface area contributed by atoms with E-state index in [1.807, 2.05) is 6.92 Å². The van der Waals surface area contributed by atoms with Gasteiger partial charge in [-0.15, -0.1) is 0 Å². The smallest absolute Gasteiger partial charge is 0.191 e. The van der Waals surface area contributed by atoms with Crippen LogP contribution < -0.4 is 10.6 Å². The third-order valence-electron chi connectivity index (χ3n) is 4.69. The second-order valence-electron chi connectivity index (χ2n) is 6.56. The molecule has 0 aromatic heterocycles. The maximum atomic E-state index is 9.40.